The van der Waals surface area contributed by atoms with Crippen molar-refractivity contribution in [1.29, 1.82) is 0 Å². The van der Waals surface area contributed by atoms with Crippen LogP contribution >= 0.6 is 15.9 Å². The smallest absolute Gasteiger partial charge is 0.150 e. The minimum absolute atomic E-state index is 0.571. The van der Waals surface area contributed by atoms with Crippen molar-refractivity contribution in [2.24, 2.45) is 5.92 Å². The van der Waals surface area contributed by atoms with Crippen LogP contribution in [0.15, 0.2) is 22.7 Å². The lowest BCUT2D eigenvalue weighted by molar-refractivity contribution is 0.0496. The van der Waals surface area contributed by atoms with Crippen LogP contribution in [0.4, 0.5) is 0 Å². The van der Waals surface area contributed by atoms with Crippen molar-refractivity contribution in [2.45, 2.75) is 12.8 Å². The monoisotopic (exact) mass is 298 g/mol. The average molecular weight is 299 g/mol. The number of aldehydes is 1. The predicted octanol–water partition coefficient (Wildman–Crippen LogP) is 3.07. The fraction of sp³-hybridized carbons (Fsp3) is 0.462. The molecule has 0 aromatic heterocycles. The average Bonchev–Trinajstić information content (AvgIpc) is 2.38. The second kappa shape index (κ2) is 6.17. The maximum Gasteiger partial charge on any atom is 0.150 e. The van der Waals surface area contributed by atoms with Crippen LogP contribution in [0.5, 0.6) is 5.75 Å². The molecule has 2 rings (SSSR count). The molecule has 3 nitrogen and oxygen atoms in total. The highest BCUT2D eigenvalue weighted by atomic mass is 79.9. The van der Waals surface area contributed by atoms with Crippen molar-refractivity contribution >= 4 is 22.2 Å². The predicted molar refractivity (Wildman–Crippen MR) is 68.6 cm³/mol. The van der Waals surface area contributed by atoms with E-state index in [0.717, 1.165) is 42.6 Å². The van der Waals surface area contributed by atoms with Crippen LogP contribution in [0.25, 0.3) is 0 Å². The summed E-state index contributed by atoms with van der Waals surface area (Å²) in [5.41, 5.74) is 0.648. The fourth-order valence-electron chi connectivity index (χ4n) is 1.83. The molecule has 4 heteroatoms. The zero-order valence-electron chi connectivity index (χ0n) is 9.52. The Morgan fingerprint density at radius 1 is 1.41 bits per heavy atom. The molecule has 0 spiro atoms. The summed E-state index contributed by atoms with van der Waals surface area (Å²) in [5, 5.41) is 0. The van der Waals surface area contributed by atoms with Gasteiger partial charge in [0.15, 0.2) is 0 Å². The molecule has 1 heterocycles. The molecule has 17 heavy (non-hydrogen) atoms. The Morgan fingerprint density at radius 2 is 2.18 bits per heavy atom. The number of carbonyl (C=O) groups excluding carboxylic acids is 1. The Kier molecular flexibility index (Phi) is 4.57. The zero-order chi connectivity index (χ0) is 12.1. The van der Waals surface area contributed by atoms with Crippen molar-refractivity contribution < 1.29 is 14.3 Å². The van der Waals surface area contributed by atoms with Crippen LogP contribution in [0.3, 0.4) is 0 Å². The van der Waals surface area contributed by atoms with Crippen molar-refractivity contribution in [2.75, 3.05) is 19.8 Å². The molecule has 1 saturated heterocycles. The number of carbonyl (C=O) groups is 1. The van der Waals surface area contributed by atoms with Gasteiger partial charge in [-0.15, -0.1) is 0 Å². The first-order valence-electron chi connectivity index (χ1n) is 5.75. The molecule has 1 aliphatic heterocycles. The van der Waals surface area contributed by atoms with Crippen LogP contribution in [0, 0.1) is 5.92 Å². The number of ether oxygens (including phenoxy) is 2. The summed E-state index contributed by atoms with van der Waals surface area (Å²) in [5.74, 6) is 1.36. The van der Waals surface area contributed by atoms with Crippen LogP contribution in [0.2, 0.25) is 0 Å². The number of halogens is 1. The molecule has 0 saturated carbocycles. The van der Waals surface area contributed by atoms with E-state index in [1.165, 1.54) is 0 Å². The molecule has 1 aromatic rings. The Bertz CT molecular complexity index is 386. The third-order valence-electron chi connectivity index (χ3n) is 2.91. The Hall–Kier alpha value is -0.870. The first-order valence-corrected chi connectivity index (χ1v) is 6.54. The molecule has 0 unspecified atom stereocenters. The molecular formula is C13H15BrO3. The zero-order valence-corrected chi connectivity index (χ0v) is 11.1. The minimum Gasteiger partial charge on any atom is -0.492 e. The quantitative estimate of drug-likeness (QED) is 0.802. The second-order valence-corrected chi connectivity index (χ2v) is 5.03. The minimum atomic E-state index is 0.571. The highest BCUT2D eigenvalue weighted by Crippen LogP contribution is 2.27. The molecule has 0 atom stereocenters. The van der Waals surface area contributed by atoms with Crippen molar-refractivity contribution in [3.05, 3.63) is 28.2 Å². The molecule has 0 N–H and O–H groups in total. The third kappa shape index (κ3) is 3.54. The van der Waals surface area contributed by atoms with Crippen molar-refractivity contribution in [3.63, 3.8) is 0 Å². The lowest BCUT2D eigenvalue weighted by Crippen LogP contribution is -2.21. The standard InChI is InChI=1S/C13H15BrO3/c14-12-7-11(8-15)1-2-13(12)17-9-10-3-5-16-6-4-10/h1-2,7-8,10H,3-6,9H2. The van der Waals surface area contributed by atoms with E-state index in [2.05, 4.69) is 15.9 Å². The summed E-state index contributed by atoms with van der Waals surface area (Å²) < 4.78 is 11.9. The van der Waals surface area contributed by atoms with E-state index in [1.807, 2.05) is 6.07 Å². The maximum absolute atomic E-state index is 10.6. The molecule has 1 aliphatic rings. The van der Waals surface area contributed by atoms with Crippen LogP contribution in [0.1, 0.15) is 23.2 Å². The largest absolute Gasteiger partial charge is 0.492 e. The lowest BCUT2D eigenvalue weighted by Gasteiger charge is -2.22. The summed E-state index contributed by atoms with van der Waals surface area (Å²) in [7, 11) is 0. The van der Waals surface area contributed by atoms with E-state index in [9.17, 15) is 4.79 Å². The van der Waals surface area contributed by atoms with E-state index in [-0.39, 0.29) is 0 Å². The van der Waals surface area contributed by atoms with E-state index in [4.69, 9.17) is 9.47 Å². The topological polar surface area (TPSA) is 35.5 Å². The van der Waals surface area contributed by atoms with Crippen molar-refractivity contribution in [1.82, 2.24) is 0 Å². The van der Waals surface area contributed by atoms with Gasteiger partial charge in [-0.1, -0.05) is 0 Å². The van der Waals surface area contributed by atoms with Crippen LogP contribution in [-0.2, 0) is 4.74 Å². The molecule has 0 radical (unpaired) electrons. The van der Waals surface area contributed by atoms with Gasteiger partial charge in [-0.2, -0.15) is 0 Å². The molecule has 0 aliphatic carbocycles. The fourth-order valence-corrected chi connectivity index (χ4v) is 2.34. The summed E-state index contributed by atoms with van der Waals surface area (Å²) >= 11 is 3.40. The Balaban J connectivity index is 1.91. The van der Waals surface area contributed by atoms with E-state index >= 15 is 0 Å². The second-order valence-electron chi connectivity index (χ2n) is 4.17. The molecule has 0 amide bonds. The number of hydrogen-bond donors (Lipinski definition) is 0. The molecular weight excluding hydrogens is 284 g/mol. The van der Waals surface area contributed by atoms with Gasteiger partial charge in [0, 0.05) is 18.8 Å². The SMILES string of the molecule is O=Cc1ccc(OCC2CCOCC2)c(Br)c1. The molecule has 1 fully saturated rings. The number of hydrogen-bond acceptors (Lipinski definition) is 3. The van der Waals surface area contributed by atoms with E-state index in [1.54, 1.807) is 12.1 Å². The van der Waals surface area contributed by atoms with Crippen molar-refractivity contribution in [3.8, 4) is 5.75 Å². The van der Waals surface area contributed by atoms with E-state index in [0.29, 0.717) is 18.1 Å². The molecule has 92 valence electrons. The summed E-state index contributed by atoms with van der Waals surface area (Å²) in [6.45, 7) is 2.38. The number of rotatable bonds is 4. The normalized spacial score (nSPS) is 16.8. The summed E-state index contributed by atoms with van der Waals surface area (Å²) in [6, 6.07) is 5.36. The van der Waals surface area contributed by atoms with Crippen LogP contribution < -0.4 is 4.74 Å². The molecule has 0 bridgehead atoms. The van der Waals surface area contributed by atoms with Gasteiger partial charge in [0.05, 0.1) is 11.1 Å². The first kappa shape index (κ1) is 12.6. The van der Waals surface area contributed by atoms with Gasteiger partial charge >= 0.3 is 0 Å². The third-order valence-corrected chi connectivity index (χ3v) is 3.53. The van der Waals surface area contributed by atoms with E-state index < -0.39 is 0 Å². The first-order chi connectivity index (χ1) is 8.29. The van der Waals surface area contributed by atoms with Crippen LogP contribution in [-0.4, -0.2) is 26.1 Å². The van der Waals surface area contributed by atoms with Gasteiger partial charge in [-0.05, 0) is 52.9 Å². The number of benzene rings is 1. The van der Waals surface area contributed by atoms with Gasteiger partial charge in [-0.25, -0.2) is 0 Å². The summed E-state index contributed by atoms with van der Waals surface area (Å²) in [6.07, 6.45) is 2.95. The van der Waals surface area contributed by atoms with Gasteiger partial charge < -0.3 is 9.47 Å². The van der Waals surface area contributed by atoms with Gasteiger partial charge in [0.25, 0.3) is 0 Å². The Labute approximate surface area is 109 Å². The van der Waals surface area contributed by atoms with Gasteiger partial charge in [0.2, 0.25) is 0 Å². The molecule has 1 aromatic carbocycles. The highest BCUT2D eigenvalue weighted by molar-refractivity contribution is 9.10. The maximum atomic E-state index is 10.6. The lowest BCUT2D eigenvalue weighted by atomic mass is 10.0. The van der Waals surface area contributed by atoms with Gasteiger partial charge in [0.1, 0.15) is 12.0 Å². The summed E-state index contributed by atoms with van der Waals surface area (Å²) in [4.78, 5) is 10.6. The Morgan fingerprint density at radius 3 is 2.82 bits per heavy atom. The highest BCUT2D eigenvalue weighted by Gasteiger charge is 2.15. The van der Waals surface area contributed by atoms with Gasteiger partial charge in [-0.3, -0.25) is 4.79 Å².